The summed E-state index contributed by atoms with van der Waals surface area (Å²) in [5, 5.41) is 0. The van der Waals surface area contributed by atoms with Crippen LogP contribution >= 0.6 is 31.9 Å². The fourth-order valence-corrected chi connectivity index (χ4v) is 2.80. The Bertz CT molecular complexity index is 380. The van der Waals surface area contributed by atoms with Gasteiger partial charge in [-0.3, -0.25) is 0 Å². The van der Waals surface area contributed by atoms with E-state index in [1.807, 2.05) is 12.3 Å². The SMILES string of the molecule is CCN(CC(C)(C)CN)c1ncc(Br)cc1Br. The normalized spacial score (nSPS) is 11.6. The highest BCUT2D eigenvalue weighted by Crippen LogP contribution is 2.28. The fourth-order valence-electron chi connectivity index (χ4n) is 1.56. The van der Waals surface area contributed by atoms with Gasteiger partial charge in [0, 0.05) is 23.8 Å². The van der Waals surface area contributed by atoms with E-state index in [0.717, 1.165) is 27.9 Å². The lowest BCUT2D eigenvalue weighted by Crippen LogP contribution is -2.39. The van der Waals surface area contributed by atoms with Crippen LogP contribution in [0.4, 0.5) is 5.82 Å². The Morgan fingerprint density at radius 1 is 1.41 bits per heavy atom. The number of nitrogens with two attached hydrogens (primary N) is 1. The van der Waals surface area contributed by atoms with E-state index < -0.39 is 0 Å². The number of hydrogen-bond acceptors (Lipinski definition) is 3. The summed E-state index contributed by atoms with van der Waals surface area (Å²) in [4.78, 5) is 6.70. The molecule has 1 aromatic heterocycles. The Morgan fingerprint density at radius 2 is 2.06 bits per heavy atom. The van der Waals surface area contributed by atoms with Crippen LogP contribution in [0.3, 0.4) is 0 Å². The van der Waals surface area contributed by atoms with E-state index in [1.165, 1.54) is 0 Å². The molecule has 0 aliphatic heterocycles. The van der Waals surface area contributed by atoms with Crippen molar-refractivity contribution in [3.63, 3.8) is 0 Å². The molecule has 17 heavy (non-hydrogen) atoms. The molecule has 0 unspecified atom stereocenters. The van der Waals surface area contributed by atoms with Crippen molar-refractivity contribution in [3.8, 4) is 0 Å². The summed E-state index contributed by atoms with van der Waals surface area (Å²) in [6.45, 7) is 8.94. The molecule has 0 saturated heterocycles. The molecule has 0 bridgehead atoms. The third-order valence-corrected chi connectivity index (χ3v) is 3.66. The van der Waals surface area contributed by atoms with Crippen LogP contribution in [0.5, 0.6) is 0 Å². The van der Waals surface area contributed by atoms with E-state index in [9.17, 15) is 0 Å². The van der Waals surface area contributed by atoms with Crippen molar-refractivity contribution in [1.82, 2.24) is 4.98 Å². The third-order valence-electron chi connectivity index (χ3n) is 2.64. The highest BCUT2D eigenvalue weighted by atomic mass is 79.9. The van der Waals surface area contributed by atoms with Crippen LogP contribution in [0.1, 0.15) is 20.8 Å². The summed E-state index contributed by atoms with van der Waals surface area (Å²) in [6.07, 6.45) is 1.82. The van der Waals surface area contributed by atoms with Crippen molar-refractivity contribution in [3.05, 3.63) is 21.2 Å². The summed E-state index contributed by atoms with van der Waals surface area (Å²) < 4.78 is 1.98. The van der Waals surface area contributed by atoms with E-state index in [1.54, 1.807) is 0 Å². The molecule has 1 aromatic rings. The maximum Gasteiger partial charge on any atom is 0.142 e. The monoisotopic (exact) mass is 363 g/mol. The van der Waals surface area contributed by atoms with Crippen molar-refractivity contribution in [2.75, 3.05) is 24.5 Å². The van der Waals surface area contributed by atoms with E-state index in [2.05, 4.69) is 62.5 Å². The van der Waals surface area contributed by atoms with E-state index >= 15 is 0 Å². The zero-order chi connectivity index (χ0) is 13.1. The summed E-state index contributed by atoms with van der Waals surface area (Å²) in [5.41, 5.74) is 5.87. The molecule has 5 heteroatoms. The minimum Gasteiger partial charge on any atom is -0.355 e. The molecule has 0 fully saturated rings. The molecule has 0 spiro atoms. The van der Waals surface area contributed by atoms with Gasteiger partial charge in [-0.1, -0.05) is 13.8 Å². The van der Waals surface area contributed by atoms with E-state index in [0.29, 0.717) is 6.54 Å². The van der Waals surface area contributed by atoms with Gasteiger partial charge in [-0.15, -0.1) is 0 Å². The van der Waals surface area contributed by atoms with Gasteiger partial charge in [-0.25, -0.2) is 4.98 Å². The first-order chi connectivity index (χ1) is 7.89. The number of anilines is 1. The molecule has 1 rings (SSSR count). The van der Waals surface area contributed by atoms with E-state index in [4.69, 9.17) is 5.73 Å². The number of rotatable bonds is 5. The average Bonchev–Trinajstić information content (AvgIpc) is 2.26. The zero-order valence-corrected chi connectivity index (χ0v) is 13.7. The highest BCUT2D eigenvalue weighted by molar-refractivity contribution is 9.11. The molecule has 0 radical (unpaired) electrons. The molecule has 0 aliphatic carbocycles. The number of pyridine rings is 1. The van der Waals surface area contributed by atoms with Crippen molar-refractivity contribution in [1.29, 1.82) is 0 Å². The molecule has 2 N–H and O–H groups in total. The smallest absolute Gasteiger partial charge is 0.142 e. The van der Waals surface area contributed by atoms with Gasteiger partial charge >= 0.3 is 0 Å². The Hall–Kier alpha value is -0.130. The lowest BCUT2D eigenvalue weighted by Gasteiger charge is -2.32. The van der Waals surface area contributed by atoms with Crippen molar-refractivity contribution in [2.24, 2.45) is 11.1 Å². The Morgan fingerprint density at radius 3 is 2.53 bits per heavy atom. The van der Waals surface area contributed by atoms with Crippen molar-refractivity contribution in [2.45, 2.75) is 20.8 Å². The second kappa shape index (κ2) is 6.16. The van der Waals surface area contributed by atoms with Gasteiger partial charge < -0.3 is 10.6 Å². The zero-order valence-electron chi connectivity index (χ0n) is 10.5. The summed E-state index contributed by atoms with van der Waals surface area (Å²) in [6, 6.07) is 2.01. The number of halogens is 2. The molecule has 0 aromatic carbocycles. The fraction of sp³-hybridized carbons (Fsp3) is 0.583. The topological polar surface area (TPSA) is 42.1 Å². The van der Waals surface area contributed by atoms with Gasteiger partial charge in [0.25, 0.3) is 0 Å². The molecule has 1 heterocycles. The summed E-state index contributed by atoms with van der Waals surface area (Å²) >= 11 is 6.96. The molecule has 0 amide bonds. The second-order valence-electron chi connectivity index (χ2n) is 4.84. The van der Waals surface area contributed by atoms with Crippen LogP contribution in [-0.2, 0) is 0 Å². The van der Waals surface area contributed by atoms with Crippen LogP contribution in [0.2, 0.25) is 0 Å². The average molecular weight is 365 g/mol. The molecular weight excluding hydrogens is 346 g/mol. The maximum atomic E-state index is 5.78. The maximum absolute atomic E-state index is 5.78. The van der Waals surface area contributed by atoms with Crippen LogP contribution in [0.25, 0.3) is 0 Å². The Balaban J connectivity index is 2.94. The minimum atomic E-state index is 0.0875. The largest absolute Gasteiger partial charge is 0.355 e. The quantitative estimate of drug-likeness (QED) is 0.870. The first-order valence-corrected chi connectivity index (χ1v) is 7.24. The molecular formula is C12H19Br2N3. The number of aromatic nitrogens is 1. The summed E-state index contributed by atoms with van der Waals surface area (Å²) in [7, 11) is 0. The molecule has 96 valence electrons. The first-order valence-electron chi connectivity index (χ1n) is 5.65. The Kier molecular flexibility index (Phi) is 5.41. The van der Waals surface area contributed by atoms with Crippen molar-refractivity contribution >= 4 is 37.7 Å². The summed E-state index contributed by atoms with van der Waals surface area (Å²) in [5.74, 6) is 0.970. The van der Waals surface area contributed by atoms with Gasteiger partial charge in [0.1, 0.15) is 5.82 Å². The van der Waals surface area contributed by atoms with Crippen LogP contribution in [-0.4, -0.2) is 24.6 Å². The highest BCUT2D eigenvalue weighted by Gasteiger charge is 2.21. The predicted octanol–water partition coefficient (Wildman–Crippen LogP) is 3.42. The third kappa shape index (κ3) is 4.23. The molecule has 0 atom stereocenters. The van der Waals surface area contributed by atoms with Gasteiger partial charge in [0.05, 0.1) is 4.47 Å². The molecule has 0 saturated carbocycles. The van der Waals surface area contributed by atoms with Crippen molar-refractivity contribution < 1.29 is 0 Å². The number of hydrogen-bond donors (Lipinski definition) is 1. The van der Waals surface area contributed by atoms with Gasteiger partial charge in [0.2, 0.25) is 0 Å². The van der Waals surface area contributed by atoms with Gasteiger partial charge in [-0.05, 0) is 56.8 Å². The van der Waals surface area contributed by atoms with Crippen LogP contribution in [0.15, 0.2) is 21.2 Å². The van der Waals surface area contributed by atoms with Gasteiger partial charge in [0.15, 0.2) is 0 Å². The predicted molar refractivity (Wildman–Crippen MR) is 80.4 cm³/mol. The van der Waals surface area contributed by atoms with Crippen LogP contribution < -0.4 is 10.6 Å². The van der Waals surface area contributed by atoms with E-state index in [-0.39, 0.29) is 5.41 Å². The lowest BCUT2D eigenvalue weighted by atomic mass is 9.93. The molecule has 3 nitrogen and oxygen atoms in total. The second-order valence-corrected chi connectivity index (χ2v) is 6.61. The standard InChI is InChI=1S/C12H19Br2N3/c1-4-17(8-12(2,3)7-15)11-10(14)5-9(13)6-16-11/h5-6H,4,7-8,15H2,1-3H3. The lowest BCUT2D eigenvalue weighted by molar-refractivity contribution is 0.378. The van der Waals surface area contributed by atoms with Crippen LogP contribution in [0, 0.1) is 5.41 Å². The first kappa shape index (κ1) is 14.9. The Labute approximate surface area is 120 Å². The minimum absolute atomic E-state index is 0.0875. The van der Waals surface area contributed by atoms with Gasteiger partial charge in [-0.2, -0.15) is 0 Å². The molecule has 0 aliphatic rings. The number of nitrogens with zero attached hydrogens (tertiary/aromatic N) is 2.